The summed E-state index contributed by atoms with van der Waals surface area (Å²) < 4.78 is 0. The van der Waals surface area contributed by atoms with Gasteiger partial charge in [0.15, 0.2) is 0 Å². The summed E-state index contributed by atoms with van der Waals surface area (Å²) in [6.07, 6.45) is 3.96. The van der Waals surface area contributed by atoms with E-state index in [1.54, 1.807) is 0 Å². The molecule has 0 radical (unpaired) electrons. The van der Waals surface area contributed by atoms with Crippen LogP contribution in [0.1, 0.15) is 26.2 Å². The summed E-state index contributed by atoms with van der Waals surface area (Å²) in [4.78, 5) is 14.0. The number of fused-ring (bicyclic) bond motifs is 1. The van der Waals surface area contributed by atoms with Gasteiger partial charge in [-0.15, -0.1) is 0 Å². The molecule has 4 fully saturated rings. The first-order chi connectivity index (χ1) is 6.66. The molecule has 2 nitrogen and oxygen atoms in total. The molecule has 0 aromatic heterocycles. The number of carbonyl (C=O) groups excluding carboxylic acids is 1. The molecule has 1 heterocycles. The van der Waals surface area contributed by atoms with E-state index in [4.69, 9.17) is 0 Å². The van der Waals surface area contributed by atoms with Crippen LogP contribution in [0.15, 0.2) is 0 Å². The van der Waals surface area contributed by atoms with Crippen LogP contribution in [0.4, 0.5) is 0 Å². The average Bonchev–Trinajstić information content (AvgIpc) is 2.13. The first kappa shape index (κ1) is 8.75. The molecule has 1 saturated heterocycles. The third-order valence-electron chi connectivity index (χ3n) is 4.80. The van der Waals surface area contributed by atoms with Gasteiger partial charge in [0.2, 0.25) is 5.91 Å². The first-order valence-corrected chi connectivity index (χ1v) is 5.91. The molecule has 0 spiro atoms. The van der Waals surface area contributed by atoms with Gasteiger partial charge >= 0.3 is 0 Å². The summed E-state index contributed by atoms with van der Waals surface area (Å²) in [6, 6.07) is 0. The predicted octanol–water partition coefficient (Wildman–Crippen LogP) is 1.76. The summed E-state index contributed by atoms with van der Waals surface area (Å²) >= 11 is 0. The maximum absolute atomic E-state index is 12.0. The van der Waals surface area contributed by atoms with Crippen LogP contribution in [0, 0.1) is 29.6 Å². The Kier molecular flexibility index (Phi) is 1.71. The second kappa shape index (κ2) is 2.74. The number of rotatable bonds is 0. The lowest BCUT2D eigenvalue weighted by molar-refractivity contribution is -0.156. The maximum atomic E-state index is 12.0. The van der Waals surface area contributed by atoms with Gasteiger partial charge in [-0.3, -0.25) is 4.79 Å². The smallest absolute Gasteiger partial charge is 0.225 e. The number of likely N-dealkylation sites (tertiary alicyclic amines) is 1. The predicted molar refractivity (Wildman–Crippen MR) is 54.6 cm³/mol. The van der Waals surface area contributed by atoms with Crippen LogP contribution in [0.5, 0.6) is 0 Å². The van der Waals surface area contributed by atoms with E-state index in [1.807, 2.05) is 11.9 Å². The van der Waals surface area contributed by atoms with Crippen molar-refractivity contribution in [3.05, 3.63) is 0 Å². The molecule has 4 bridgehead atoms. The molecule has 1 amide bonds. The van der Waals surface area contributed by atoms with E-state index in [9.17, 15) is 4.79 Å². The molecule has 2 heteroatoms. The summed E-state index contributed by atoms with van der Waals surface area (Å²) in [7, 11) is 1.98. The van der Waals surface area contributed by atoms with Crippen LogP contribution < -0.4 is 0 Å². The molecule has 0 N–H and O–H groups in total. The Morgan fingerprint density at radius 2 is 2.07 bits per heavy atom. The Morgan fingerprint density at radius 3 is 2.79 bits per heavy atom. The largest absolute Gasteiger partial charge is 0.345 e. The first-order valence-electron chi connectivity index (χ1n) is 5.91. The van der Waals surface area contributed by atoms with Crippen LogP contribution >= 0.6 is 0 Å². The lowest BCUT2D eigenvalue weighted by Gasteiger charge is -2.55. The van der Waals surface area contributed by atoms with Crippen molar-refractivity contribution in [3.8, 4) is 0 Å². The van der Waals surface area contributed by atoms with E-state index in [2.05, 4.69) is 6.92 Å². The molecule has 14 heavy (non-hydrogen) atoms. The van der Waals surface area contributed by atoms with Crippen molar-refractivity contribution in [2.75, 3.05) is 13.6 Å². The van der Waals surface area contributed by atoms with Crippen LogP contribution in [-0.2, 0) is 4.79 Å². The van der Waals surface area contributed by atoms with Gasteiger partial charge in [0, 0.05) is 19.5 Å². The fraction of sp³-hybridized carbons (Fsp3) is 0.917. The Bertz CT molecular complexity index is 275. The van der Waals surface area contributed by atoms with Gasteiger partial charge in [-0.2, -0.15) is 0 Å². The van der Waals surface area contributed by atoms with Crippen molar-refractivity contribution in [1.29, 1.82) is 0 Å². The molecule has 3 aliphatic carbocycles. The molecular weight excluding hydrogens is 174 g/mol. The molecule has 1 aliphatic heterocycles. The highest BCUT2D eigenvalue weighted by atomic mass is 16.2. The highest BCUT2D eigenvalue weighted by molar-refractivity contribution is 5.80. The molecule has 0 aromatic carbocycles. The van der Waals surface area contributed by atoms with Gasteiger partial charge < -0.3 is 4.90 Å². The van der Waals surface area contributed by atoms with Gasteiger partial charge in [0.05, 0.1) is 0 Å². The number of carbonyl (C=O) groups is 1. The topological polar surface area (TPSA) is 20.3 Å². The van der Waals surface area contributed by atoms with E-state index in [0.29, 0.717) is 11.8 Å². The average molecular weight is 193 g/mol. The monoisotopic (exact) mass is 193 g/mol. The minimum atomic E-state index is 0.390. The summed E-state index contributed by atoms with van der Waals surface area (Å²) in [6.45, 7) is 3.38. The van der Waals surface area contributed by atoms with Crippen molar-refractivity contribution in [2.24, 2.45) is 29.6 Å². The molecule has 78 valence electrons. The van der Waals surface area contributed by atoms with Gasteiger partial charge in [-0.1, -0.05) is 6.92 Å². The molecule has 5 unspecified atom stereocenters. The van der Waals surface area contributed by atoms with Gasteiger partial charge in [-0.05, 0) is 42.9 Å². The Balaban J connectivity index is 1.94. The second-order valence-corrected chi connectivity index (χ2v) is 5.71. The lowest BCUT2D eigenvalue weighted by atomic mass is 9.53. The van der Waals surface area contributed by atoms with Crippen molar-refractivity contribution in [3.63, 3.8) is 0 Å². The van der Waals surface area contributed by atoms with Crippen LogP contribution in [0.2, 0.25) is 0 Å². The second-order valence-electron chi connectivity index (χ2n) is 5.71. The fourth-order valence-corrected chi connectivity index (χ4v) is 4.45. The van der Waals surface area contributed by atoms with E-state index >= 15 is 0 Å². The maximum Gasteiger partial charge on any atom is 0.225 e. The summed E-state index contributed by atoms with van der Waals surface area (Å²) in [5, 5.41) is 0. The normalized spacial score (nSPS) is 51.1. The van der Waals surface area contributed by atoms with Crippen molar-refractivity contribution in [1.82, 2.24) is 4.90 Å². The fourth-order valence-electron chi connectivity index (χ4n) is 4.45. The Labute approximate surface area is 85.7 Å². The summed E-state index contributed by atoms with van der Waals surface area (Å²) in [5.41, 5.74) is 0. The standard InChI is InChI=1S/C12H19NO/c1-7-3-8-4-9-6-13(2)12(14)10(5-8)11(7)9/h7-11H,3-6H2,1-2H3. The zero-order valence-corrected chi connectivity index (χ0v) is 9.07. The highest BCUT2D eigenvalue weighted by Crippen LogP contribution is 2.53. The van der Waals surface area contributed by atoms with Gasteiger partial charge in [0.1, 0.15) is 0 Å². The number of amides is 1. The molecule has 4 aliphatic rings. The van der Waals surface area contributed by atoms with Crippen LogP contribution in [-0.4, -0.2) is 24.4 Å². The van der Waals surface area contributed by atoms with Gasteiger partial charge in [0.25, 0.3) is 0 Å². The van der Waals surface area contributed by atoms with Crippen molar-refractivity contribution >= 4 is 5.91 Å². The van der Waals surface area contributed by atoms with Crippen LogP contribution in [0.25, 0.3) is 0 Å². The molecule has 5 atom stereocenters. The number of piperidine rings is 1. The Morgan fingerprint density at radius 1 is 1.29 bits per heavy atom. The van der Waals surface area contributed by atoms with E-state index < -0.39 is 0 Å². The highest BCUT2D eigenvalue weighted by Gasteiger charge is 2.52. The zero-order valence-electron chi connectivity index (χ0n) is 9.07. The lowest BCUT2D eigenvalue weighted by Crippen LogP contribution is -2.57. The quantitative estimate of drug-likeness (QED) is 0.574. The molecule has 3 saturated carbocycles. The minimum absolute atomic E-state index is 0.390. The van der Waals surface area contributed by atoms with E-state index in [0.717, 1.165) is 30.2 Å². The third kappa shape index (κ3) is 0.999. The molecule has 0 aromatic rings. The van der Waals surface area contributed by atoms with E-state index in [-0.39, 0.29) is 0 Å². The van der Waals surface area contributed by atoms with Crippen LogP contribution in [0.3, 0.4) is 0 Å². The SMILES string of the molecule is CC1CC2CC3CN(C)C(=O)C(C2)C13. The minimum Gasteiger partial charge on any atom is -0.345 e. The Hall–Kier alpha value is -0.530. The summed E-state index contributed by atoms with van der Waals surface area (Å²) in [5.74, 6) is 4.04. The van der Waals surface area contributed by atoms with Crippen molar-refractivity contribution in [2.45, 2.75) is 26.2 Å². The molecular formula is C12H19NO. The third-order valence-corrected chi connectivity index (χ3v) is 4.80. The number of nitrogens with zero attached hydrogens (tertiary/aromatic N) is 1. The van der Waals surface area contributed by atoms with Gasteiger partial charge in [-0.25, -0.2) is 0 Å². The van der Waals surface area contributed by atoms with E-state index in [1.165, 1.54) is 19.3 Å². The van der Waals surface area contributed by atoms with Crippen molar-refractivity contribution < 1.29 is 4.79 Å². The zero-order chi connectivity index (χ0) is 9.87. The molecule has 4 rings (SSSR count). The number of hydrogen-bond acceptors (Lipinski definition) is 1. The number of hydrogen-bond donors (Lipinski definition) is 0.